The lowest BCUT2D eigenvalue weighted by molar-refractivity contribution is -0.386. The van der Waals surface area contributed by atoms with Gasteiger partial charge < -0.3 is 10.0 Å². The minimum absolute atomic E-state index is 0.00437. The Kier molecular flexibility index (Phi) is 6.58. The Balaban J connectivity index is 1.82. The normalized spacial score (nSPS) is 14.9. The zero-order chi connectivity index (χ0) is 21.0. The van der Waals surface area contributed by atoms with Crippen LogP contribution in [-0.4, -0.2) is 39.3 Å². The van der Waals surface area contributed by atoms with Crippen LogP contribution in [0.15, 0.2) is 29.1 Å². The lowest BCUT2D eigenvalue weighted by Gasteiger charge is -2.32. The van der Waals surface area contributed by atoms with E-state index in [-0.39, 0.29) is 30.7 Å². The molecule has 1 aromatic heterocycles. The maximum atomic E-state index is 13.1. The molecule has 2 heterocycles. The summed E-state index contributed by atoms with van der Waals surface area (Å²) in [4.78, 5) is 30.0. The van der Waals surface area contributed by atoms with E-state index < -0.39 is 16.2 Å². The van der Waals surface area contributed by atoms with Gasteiger partial charge in [-0.25, -0.2) is 9.37 Å². The first-order chi connectivity index (χ1) is 13.9. The summed E-state index contributed by atoms with van der Waals surface area (Å²) in [5.41, 5.74) is -0.111. The highest BCUT2D eigenvalue weighted by Crippen LogP contribution is 2.32. The molecule has 2 aromatic rings. The highest BCUT2D eigenvalue weighted by atomic mass is 19.1. The van der Waals surface area contributed by atoms with Crippen molar-refractivity contribution in [3.63, 3.8) is 0 Å². The van der Waals surface area contributed by atoms with E-state index >= 15 is 0 Å². The summed E-state index contributed by atoms with van der Waals surface area (Å²) in [6.07, 6.45) is 2.53. The number of aliphatic hydroxyl groups is 1. The molecule has 0 bridgehead atoms. The number of hydrogen-bond donors (Lipinski definition) is 1. The van der Waals surface area contributed by atoms with E-state index in [0.717, 1.165) is 18.4 Å². The Labute approximate surface area is 167 Å². The number of halogens is 1. The molecule has 0 atom stereocenters. The molecule has 29 heavy (non-hydrogen) atoms. The Hall–Kier alpha value is -2.81. The largest absolute Gasteiger partial charge is 0.396 e. The second kappa shape index (κ2) is 9.13. The molecular weight excluding hydrogens is 379 g/mol. The van der Waals surface area contributed by atoms with E-state index in [9.17, 15) is 19.3 Å². The molecule has 1 aliphatic rings. The molecule has 0 spiro atoms. The van der Waals surface area contributed by atoms with E-state index in [1.807, 2.05) is 0 Å². The molecule has 9 heteroatoms. The number of anilines is 1. The van der Waals surface area contributed by atoms with Crippen molar-refractivity contribution < 1.29 is 14.4 Å². The number of benzene rings is 1. The molecule has 1 aromatic carbocycles. The van der Waals surface area contributed by atoms with Crippen molar-refractivity contribution >= 4 is 11.5 Å². The Bertz CT molecular complexity index is 921. The van der Waals surface area contributed by atoms with Gasteiger partial charge in [0, 0.05) is 26.2 Å². The van der Waals surface area contributed by atoms with Crippen LogP contribution in [0.5, 0.6) is 0 Å². The second-order valence-electron chi connectivity index (χ2n) is 7.29. The van der Waals surface area contributed by atoms with Crippen LogP contribution >= 0.6 is 0 Å². The van der Waals surface area contributed by atoms with Crippen LogP contribution in [0.3, 0.4) is 0 Å². The van der Waals surface area contributed by atoms with E-state index in [0.29, 0.717) is 31.8 Å². The van der Waals surface area contributed by atoms with Crippen LogP contribution in [0.1, 0.15) is 43.0 Å². The molecule has 0 amide bonds. The monoisotopic (exact) mass is 404 g/mol. The number of rotatable bonds is 7. The van der Waals surface area contributed by atoms with Crippen molar-refractivity contribution in [2.24, 2.45) is 0 Å². The van der Waals surface area contributed by atoms with E-state index in [1.165, 1.54) is 16.7 Å². The van der Waals surface area contributed by atoms with Crippen LogP contribution in [0.4, 0.5) is 15.9 Å². The molecule has 0 saturated carbocycles. The van der Waals surface area contributed by atoms with Gasteiger partial charge in [0.05, 0.1) is 4.92 Å². The van der Waals surface area contributed by atoms with Gasteiger partial charge in [-0.3, -0.25) is 19.5 Å². The van der Waals surface area contributed by atoms with Gasteiger partial charge in [-0.15, -0.1) is 0 Å². The third-order valence-corrected chi connectivity index (χ3v) is 5.43. The van der Waals surface area contributed by atoms with E-state index in [2.05, 4.69) is 4.98 Å². The van der Waals surface area contributed by atoms with Gasteiger partial charge in [0.2, 0.25) is 5.82 Å². The minimum atomic E-state index is -0.656. The van der Waals surface area contributed by atoms with Crippen LogP contribution in [0.25, 0.3) is 0 Å². The molecule has 1 fully saturated rings. The summed E-state index contributed by atoms with van der Waals surface area (Å²) in [5.74, 6) is 0.509. The average Bonchev–Trinajstić information content (AvgIpc) is 2.70. The van der Waals surface area contributed by atoms with Crippen LogP contribution in [0.2, 0.25) is 0 Å². The molecule has 1 aliphatic heterocycles. The van der Waals surface area contributed by atoms with E-state index in [4.69, 9.17) is 5.11 Å². The van der Waals surface area contributed by atoms with Crippen LogP contribution in [0, 0.1) is 22.9 Å². The molecule has 8 nitrogen and oxygen atoms in total. The van der Waals surface area contributed by atoms with Gasteiger partial charge in [-0.2, -0.15) is 0 Å². The summed E-state index contributed by atoms with van der Waals surface area (Å²) >= 11 is 0. The fourth-order valence-corrected chi connectivity index (χ4v) is 3.82. The summed E-state index contributed by atoms with van der Waals surface area (Å²) in [7, 11) is 0. The first kappa shape index (κ1) is 20.9. The Morgan fingerprint density at radius 1 is 1.24 bits per heavy atom. The number of nitrogens with zero attached hydrogens (tertiary/aromatic N) is 4. The standard InChI is InChI=1S/C20H25FN4O4/c1-14-22-19(18(25(28)29)20(27)24(14)10-2-3-13-26)23-11-8-16(9-12-23)15-4-6-17(21)7-5-15/h4-7,16,26H,2-3,8-13H2,1H3. The molecule has 0 aliphatic carbocycles. The van der Waals surface area contributed by atoms with Gasteiger partial charge >= 0.3 is 11.2 Å². The smallest absolute Gasteiger partial charge is 0.376 e. The number of hydrogen-bond acceptors (Lipinski definition) is 6. The van der Waals surface area contributed by atoms with Crippen LogP contribution in [-0.2, 0) is 6.54 Å². The Morgan fingerprint density at radius 3 is 2.48 bits per heavy atom. The quantitative estimate of drug-likeness (QED) is 0.433. The van der Waals surface area contributed by atoms with Gasteiger partial charge in [0.15, 0.2) is 0 Å². The molecular formula is C20H25FN4O4. The first-order valence-electron chi connectivity index (χ1n) is 9.79. The molecule has 1 saturated heterocycles. The Morgan fingerprint density at radius 2 is 1.90 bits per heavy atom. The van der Waals surface area contributed by atoms with Crippen molar-refractivity contribution in [1.29, 1.82) is 0 Å². The van der Waals surface area contributed by atoms with Gasteiger partial charge in [-0.1, -0.05) is 12.1 Å². The van der Waals surface area contributed by atoms with Crippen LogP contribution < -0.4 is 10.5 Å². The van der Waals surface area contributed by atoms with Crippen molar-refractivity contribution in [2.75, 3.05) is 24.6 Å². The van der Waals surface area contributed by atoms with Gasteiger partial charge in [-0.05, 0) is 56.2 Å². The lowest BCUT2D eigenvalue weighted by Crippen LogP contribution is -2.37. The maximum Gasteiger partial charge on any atom is 0.376 e. The number of aryl methyl sites for hydroxylation is 1. The number of piperidine rings is 1. The molecule has 3 rings (SSSR count). The summed E-state index contributed by atoms with van der Waals surface area (Å²) in [6, 6.07) is 6.42. The lowest BCUT2D eigenvalue weighted by atomic mass is 9.89. The highest BCUT2D eigenvalue weighted by Gasteiger charge is 2.31. The zero-order valence-electron chi connectivity index (χ0n) is 16.4. The summed E-state index contributed by atoms with van der Waals surface area (Å²) < 4.78 is 14.4. The zero-order valence-corrected chi connectivity index (χ0v) is 16.4. The molecule has 1 N–H and O–H groups in total. The van der Waals surface area contributed by atoms with Crippen molar-refractivity contribution in [3.05, 3.63) is 61.9 Å². The van der Waals surface area contributed by atoms with Gasteiger partial charge in [0.1, 0.15) is 11.6 Å². The summed E-state index contributed by atoms with van der Waals surface area (Å²) in [5, 5.41) is 20.6. The van der Waals surface area contributed by atoms with Crippen molar-refractivity contribution in [1.82, 2.24) is 9.55 Å². The molecule has 156 valence electrons. The molecule has 0 radical (unpaired) electrons. The number of aromatic nitrogens is 2. The summed E-state index contributed by atoms with van der Waals surface area (Å²) in [6.45, 7) is 3.02. The second-order valence-corrected chi connectivity index (χ2v) is 7.29. The minimum Gasteiger partial charge on any atom is -0.396 e. The average molecular weight is 404 g/mol. The third kappa shape index (κ3) is 4.61. The topological polar surface area (TPSA) is 102 Å². The van der Waals surface area contributed by atoms with E-state index in [1.54, 1.807) is 24.0 Å². The fraction of sp³-hybridized carbons (Fsp3) is 0.500. The molecule has 0 unspecified atom stereocenters. The number of aliphatic hydroxyl groups excluding tert-OH is 1. The van der Waals surface area contributed by atoms with Crippen molar-refractivity contribution in [3.8, 4) is 0 Å². The third-order valence-electron chi connectivity index (χ3n) is 5.43. The van der Waals surface area contributed by atoms with Crippen molar-refractivity contribution in [2.45, 2.75) is 45.1 Å². The number of nitro groups is 1. The maximum absolute atomic E-state index is 13.1. The van der Waals surface area contributed by atoms with Gasteiger partial charge in [0.25, 0.3) is 0 Å². The predicted octanol–water partition coefficient (Wildman–Crippen LogP) is 2.76. The predicted molar refractivity (Wildman–Crippen MR) is 107 cm³/mol. The SMILES string of the molecule is Cc1nc(N2CCC(c3ccc(F)cc3)CC2)c([N+](=O)[O-])c(=O)n1CCCCO. The number of unbranched alkanes of at least 4 members (excludes halogenated alkanes) is 1. The highest BCUT2D eigenvalue weighted by molar-refractivity contribution is 5.57. The fourth-order valence-electron chi connectivity index (χ4n) is 3.82. The first-order valence-corrected chi connectivity index (χ1v) is 9.79.